The van der Waals surface area contributed by atoms with Gasteiger partial charge in [-0.1, -0.05) is 24.6 Å². The number of nitro benzene ring substituents is 1. The molecule has 0 aliphatic carbocycles. The standard InChI is InChI=1S/C21H18F3N3O5/c22-21(23,24)14-8-3-4-9-15(14)25-17(28)11-2-1-5-12-26-19(29)13-7-6-10-16(27(31)32)18(13)20(26)30/h3-4,6-10H,1-2,5,11-12H2,(H,25,28). The number of imide groups is 1. The van der Waals surface area contributed by atoms with Gasteiger partial charge in [-0.15, -0.1) is 0 Å². The Kier molecular flexibility index (Phi) is 6.56. The molecule has 3 rings (SSSR count). The Labute approximate surface area is 180 Å². The minimum absolute atomic E-state index is 0.0159. The topological polar surface area (TPSA) is 110 Å². The normalized spacial score (nSPS) is 13.3. The molecule has 0 bridgehead atoms. The van der Waals surface area contributed by atoms with Gasteiger partial charge in [-0.3, -0.25) is 29.4 Å². The van der Waals surface area contributed by atoms with Crippen LogP contribution >= 0.6 is 0 Å². The predicted octanol–water partition coefficient (Wildman–Crippen LogP) is 4.41. The SMILES string of the molecule is O=C(CCCCCN1C(=O)c2cccc([N+](=O)[O-])c2C1=O)Nc1ccccc1C(F)(F)F. The summed E-state index contributed by atoms with van der Waals surface area (Å²) in [6.45, 7) is 0.0159. The van der Waals surface area contributed by atoms with Gasteiger partial charge in [-0.2, -0.15) is 13.2 Å². The van der Waals surface area contributed by atoms with Crippen LogP contribution in [0.4, 0.5) is 24.5 Å². The number of nitro groups is 1. The monoisotopic (exact) mass is 449 g/mol. The van der Waals surface area contributed by atoms with Crippen LogP contribution < -0.4 is 5.32 Å². The fourth-order valence-electron chi connectivity index (χ4n) is 3.46. The Morgan fingerprint density at radius 3 is 2.41 bits per heavy atom. The molecule has 0 fully saturated rings. The molecule has 0 spiro atoms. The second-order valence-electron chi connectivity index (χ2n) is 7.12. The lowest BCUT2D eigenvalue weighted by molar-refractivity contribution is -0.385. The first-order chi connectivity index (χ1) is 15.1. The average Bonchev–Trinajstić information content (AvgIpc) is 2.97. The van der Waals surface area contributed by atoms with Crippen LogP contribution in [0.15, 0.2) is 42.5 Å². The maximum absolute atomic E-state index is 13.0. The quantitative estimate of drug-likeness (QED) is 0.278. The van der Waals surface area contributed by atoms with Crippen molar-refractivity contribution in [3.05, 3.63) is 69.3 Å². The number of anilines is 1. The minimum Gasteiger partial charge on any atom is -0.326 e. The van der Waals surface area contributed by atoms with E-state index in [0.717, 1.165) is 17.0 Å². The van der Waals surface area contributed by atoms with Gasteiger partial charge in [0.1, 0.15) is 5.56 Å². The number of hydrogen-bond donors (Lipinski definition) is 1. The number of nitrogens with one attached hydrogen (secondary N) is 1. The zero-order chi connectivity index (χ0) is 23.5. The Morgan fingerprint density at radius 1 is 1.00 bits per heavy atom. The van der Waals surface area contributed by atoms with Crippen molar-refractivity contribution in [2.75, 3.05) is 11.9 Å². The molecule has 1 aliphatic rings. The van der Waals surface area contributed by atoms with E-state index in [1.54, 1.807) is 0 Å². The maximum Gasteiger partial charge on any atom is 0.418 e. The Balaban J connectivity index is 1.49. The molecule has 168 valence electrons. The molecule has 8 nitrogen and oxygen atoms in total. The number of carbonyl (C=O) groups excluding carboxylic acids is 3. The summed E-state index contributed by atoms with van der Waals surface area (Å²) >= 11 is 0. The van der Waals surface area contributed by atoms with E-state index < -0.39 is 40.1 Å². The van der Waals surface area contributed by atoms with Crippen molar-refractivity contribution in [2.24, 2.45) is 0 Å². The number of nitrogens with zero attached hydrogens (tertiary/aromatic N) is 2. The summed E-state index contributed by atoms with van der Waals surface area (Å²) in [5.74, 6) is -1.94. The summed E-state index contributed by atoms with van der Waals surface area (Å²) in [4.78, 5) is 48.2. The van der Waals surface area contributed by atoms with Gasteiger partial charge in [-0.25, -0.2) is 0 Å². The van der Waals surface area contributed by atoms with Crippen LogP contribution in [0.3, 0.4) is 0 Å². The van der Waals surface area contributed by atoms with E-state index in [0.29, 0.717) is 19.3 Å². The van der Waals surface area contributed by atoms with Crippen LogP contribution in [0.25, 0.3) is 0 Å². The van der Waals surface area contributed by atoms with Gasteiger partial charge in [-0.05, 0) is 31.0 Å². The van der Waals surface area contributed by atoms with Crippen LogP contribution in [0, 0.1) is 10.1 Å². The predicted molar refractivity (Wildman–Crippen MR) is 107 cm³/mol. The molecule has 2 aromatic carbocycles. The number of carbonyl (C=O) groups is 3. The molecule has 1 aliphatic heterocycles. The second-order valence-corrected chi connectivity index (χ2v) is 7.12. The number of alkyl halides is 3. The number of fused-ring (bicyclic) bond motifs is 1. The Morgan fingerprint density at radius 2 is 1.72 bits per heavy atom. The summed E-state index contributed by atoms with van der Waals surface area (Å²) < 4.78 is 38.9. The van der Waals surface area contributed by atoms with Gasteiger partial charge < -0.3 is 5.32 Å². The first-order valence-corrected chi connectivity index (χ1v) is 9.71. The van der Waals surface area contributed by atoms with Crippen molar-refractivity contribution < 1.29 is 32.5 Å². The van der Waals surface area contributed by atoms with E-state index >= 15 is 0 Å². The Bertz CT molecular complexity index is 1080. The number of unbranched alkanes of at least 4 members (excludes halogenated alkanes) is 2. The lowest BCUT2D eigenvalue weighted by Gasteiger charge is -2.14. The molecule has 32 heavy (non-hydrogen) atoms. The summed E-state index contributed by atoms with van der Waals surface area (Å²) in [6, 6.07) is 8.50. The van der Waals surface area contributed by atoms with Gasteiger partial charge in [0.15, 0.2) is 0 Å². The minimum atomic E-state index is -4.59. The number of hydrogen-bond acceptors (Lipinski definition) is 5. The molecule has 0 saturated heterocycles. The largest absolute Gasteiger partial charge is 0.418 e. The number of para-hydroxylation sites is 1. The summed E-state index contributed by atoms with van der Waals surface area (Å²) in [5, 5.41) is 13.4. The highest BCUT2D eigenvalue weighted by molar-refractivity contribution is 6.23. The lowest BCUT2D eigenvalue weighted by atomic mass is 10.1. The maximum atomic E-state index is 13.0. The fraction of sp³-hybridized carbons (Fsp3) is 0.286. The van der Waals surface area contributed by atoms with Gasteiger partial charge in [0.25, 0.3) is 17.5 Å². The fourth-order valence-corrected chi connectivity index (χ4v) is 3.46. The number of rotatable bonds is 8. The molecule has 1 heterocycles. The third kappa shape index (κ3) is 4.76. The molecule has 1 N–H and O–H groups in total. The molecule has 0 radical (unpaired) electrons. The first-order valence-electron chi connectivity index (χ1n) is 9.71. The molecular formula is C21H18F3N3O5. The van der Waals surface area contributed by atoms with E-state index in [1.807, 2.05) is 0 Å². The van der Waals surface area contributed by atoms with E-state index in [4.69, 9.17) is 0 Å². The molecule has 0 atom stereocenters. The molecule has 2 aromatic rings. The highest BCUT2D eigenvalue weighted by atomic mass is 19.4. The van der Waals surface area contributed by atoms with Gasteiger partial charge in [0.05, 0.1) is 21.7 Å². The van der Waals surface area contributed by atoms with Crippen molar-refractivity contribution in [3.63, 3.8) is 0 Å². The van der Waals surface area contributed by atoms with Crippen LogP contribution in [-0.2, 0) is 11.0 Å². The molecule has 3 amide bonds. The lowest BCUT2D eigenvalue weighted by Crippen LogP contribution is -2.30. The first kappa shape index (κ1) is 22.9. The molecular weight excluding hydrogens is 431 g/mol. The van der Waals surface area contributed by atoms with Gasteiger partial charge in [0.2, 0.25) is 5.91 Å². The van der Waals surface area contributed by atoms with E-state index in [9.17, 15) is 37.7 Å². The van der Waals surface area contributed by atoms with E-state index in [-0.39, 0.29) is 29.8 Å². The van der Waals surface area contributed by atoms with Gasteiger partial charge >= 0.3 is 6.18 Å². The van der Waals surface area contributed by atoms with Crippen LogP contribution in [0.1, 0.15) is 52.0 Å². The van der Waals surface area contributed by atoms with Crippen molar-refractivity contribution in [2.45, 2.75) is 31.9 Å². The molecule has 0 unspecified atom stereocenters. The van der Waals surface area contributed by atoms with Crippen LogP contribution in [0.5, 0.6) is 0 Å². The number of benzene rings is 2. The van der Waals surface area contributed by atoms with Crippen molar-refractivity contribution >= 4 is 29.1 Å². The third-order valence-corrected chi connectivity index (χ3v) is 4.97. The zero-order valence-corrected chi connectivity index (χ0v) is 16.6. The summed E-state index contributed by atoms with van der Waals surface area (Å²) in [5.41, 5.74) is -1.94. The van der Waals surface area contributed by atoms with Crippen LogP contribution in [-0.4, -0.2) is 34.1 Å². The van der Waals surface area contributed by atoms with Gasteiger partial charge in [0, 0.05) is 19.0 Å². The van der Waals surface area contributed by atoms with Crippen molar-refractivity contribution in [1.29, 1.82) is 0 Å². The Hall–Kier alpha value is -3.76. The second kappa shape index (κ2) is 9.16. The van der Waals surface area contributed by atoms with E-state index in [2.05, 4.69) is 5.32 Å². The molecule has 0 aromatic heterocycles. The number of amides is 3. The summed E-state index contributed by atoms with van der Waals surface area (Å²) in [6.07, 6.45) is -3.55. The molecule has 0 saturated carbocycles. The zero-order valence-electron chi connectivity index (χ0n) is 16.6. The summed E-state index contributed by atoms with van der Waals surface area (Å²) in [7, 11) is 0. The van der Waals surface area contributed by atoms with Crippen LogP contribution in [0.2, 0.25) is 0 Å². The highest BCUT2D eigenvalue weighted by Gasteiger charge is 2.40. The van der Waals surface area contributed by atoms with Crippen molar-refractivity contribution in [3.8, 4) is 0 Å². The smallest absolute Gasteiger partial charge is 0.326 e. The average molecular weight is 449 g/mol. The van der Waals surface area contributed by atoms with E-state index in [1.165, 1.54) is 30.3 Å². The van der Waals surface area contributed by atoms with Crippen molar-refractivity contribution in [1.82, 2.24) is 4.90 Å². The highest BCUT2D eigenvalue weighted by Crippen LogP contribution is 2.34. The molecule has 11 heteroatoms. The number of halogens is 3. The third-order valence-electron chi connectivity index (χ3n) is 4.97.